The zero-order valence-corrected chi connectivity index (χ0v) is 23.9. The molecule has 1 heterocycles. The van der Waals surface area contributed by atoms with Crippen LogP contribution >= 0.6 is 22.6 Å². The lowest BCUT2D eigenvalue weighted by molar-refractivity contribution is -0.142. The zero-order valence-electron chi connectivity index (χ0n) is 21.7. The molecule has 0 N–H and O–H groups in total. The minimum Gasteiger partial charge on any atom is -0.489 e. The summed E-state index contributed by atoms with van der Waals surface area (Å²) in [7, 11) is 1.65. The first kappa shape index (κ1) is 29.2. The van der Waals surface area contributed by atoms with Gasteiger partial charge in [0.05, 0.1) is 16.6 Å². The SMILES string of the molecule is CCCCCCC.CCOC(=O)Cc1ccc(C)cc1OCc1cc(I)c2oc(COC)cc2c1. The van der Waals surface area contributed by atoms with Crippen LogP contribution in [0.4, 0.5) is 0 Å². The molecule has 2 aromatic carbocycles. The Hall–Kier alpha value is -2.06. The van der Waals surface area contributed by atoms with E-state index in [1.807, 2.05) is 37.3 Å². The number of methoxy groups -OCH3 is 1. The number of esters is 1. The van der Waals surface area contributed by atoms with E-state index in [1.54, 1.807) is 14.0 Å². The molecule has 0 bridgehead atoms. The molecule has 192 valence electrons. The lowest BCUT2D eigenvalue weighted by atomic mass is 10.1. The van der Waals surface area contributed by atoms with E-state index in [9.17, 15) is 4.79 Å². The molecule has 0 saturated heterocycles. The molecule has 5 nitrogen and oxygen atoms in total. The summed E-state index contributed by atoms with van der Waals surface area (Å²) in [6.45, 7) is 9.50. The monoisotopic (exact) mass is 594 g/mol. The van der Waals surface area contributed by atoms with E-state index in [0.29, 0.717) is 25.6 Å². The van der Waals surface area contributed by atoms with Gasteiger partial charge < -0.3 is 18.6 Å². The largest absolute Gasteiger partial charge is 0.489 e. The lowest BCUT2D eigenvalue weighted by Crippen LogP contribution is -2.09. The first-order chi connectivity index (χ1) is 16.9. The Bertz CT molecular complexity index is 1050. The van der Waals surface area contributed by atoms with Crippen molar-refractivity contribution in [2.24, 2.45) is 0 Å². The molecule has 0 aliphatic carbocycles. The summed E-state index contributed by atoms with van der Waals surface area (Å²) < 4.78 is 23.1. The van der Waals surface area contributed by atoms with Gasteiger partial charge in [-0.05, 0) is 71.8 Å². The van der Waals surface area contributed by atoms with Crippen molar-refractivity contribution in [3.63, 3.8) is 0 Å². The Morgan fingerprint density at radius 1 is 0.971 bits per heavy atom. The topological polar surface area (TPSA) is 57.9 Å². The Labute approximate surface area is 223 Å². The summed E-state index contributed by atoms with van der Waals surface area (Å²) >= 11 is 2.27. The van der Waals surface area contributed by atoms with Crippen molar-refractivity contribution in [3.05, 3.63) is 62.4 Å². The lowest BCUT2D eigenvalue weighted by Gasteiger charge is -2.13. The van der Waals surface area contributed by atoms with E-state index in [-0.39, 0.29) is 12.4 Å². The Kier molecular flexibility index (Phi) is 13.2. The Morgan fingerprint density at radius 3 is 2.37 bits per heavy atom. The quantitative estimate of drug-likeness (QED) is 0.120. The summed E-state index contributed by atoms with van der Waals surface area (Å²) in [5, 5.41) is 1.02. The molecule has 0 unspecified atom stereocenters. The third kappa shape index (κ3) is 9.84. The zero-order chi connectivity index (χ0) is 25.6. The summed E-state index contributed by atoms with van der Waals surface area (Å²) in [6, 6.07) is 11.9. The highest BCUT2D eigenvalue weighted by Crippen LogP contribution is 2.28. The van der Waals surface area contributed by atoms with Crippen LogP contribution in [0.5, 0.6) is 5.75 Å². The van der Waals surface area contributed by atoms with E-state index in [1.165, 1.54) is 32.1 Å². The number of unbranched alkanes of at least 4 members (excludes halogenated alkanes) is 4. The third-order valence-electron chi connectivity index (χ3n) is 5.43. The van der Waals surface area contributed by atoms with Gasteiger partial charge in [0.15, 0.2) is 0 Å². The second-order valence-electron chi connectivity index (χ2n) is 8.58. The van der Waals surface area contributed by atoms with Crippen molar-refractivity contribution in [2.75, 3.05) is 13.7 Å². The predicted molar refractivity (Wildman–Crippen MR) is 150 cm³/mol. The van der Waals surface area contributed by atoms with Crippen LogP contribution in [-0.2, 0) is 33.9 Å². The summed E-state index contributed by atoms with van der Waals surface area (Å²) in [6.07, 6.45) is 7.21. The van der Waals surface area contributed by atoms with Gasteiger partial charge in [0, 0.05) is 18.1 Å². The second-order valence-corrected chi connectivity index (χ2v) is 9.75. The van der Waals surface area contributed by atoms with Crippen LogP contribution in [0.15, 0.2) is 40.8 Å². The van der Waals surface area contributed by atoms with Crippen LogP contribution in [0, 0.1) is 10.5 Å². The number of carbonyl (C=O) groups is 1. The van der Waals surface area contributed by atoms with Gasteiger partial charge in [-0.2, -0.15) is 0 Å². The number of furan rings is 1. The van der Waals surface area contributed by atoms with Gasteiger partial charge in [0.2, 0.25) is 0 Å². The molecule has 3 rings (SSSR count). The molecule has 0 atom stereocenters. The van der Waals surface area contributed by atoms with Crippen LogP contribution in [0.3, 0.4) is 0 Å². The molecule has 0 saturated carbocycles. The number of halogens is 1. The number of rotatable bonds is 12. The van der Waals surface area contributed by atoms with Crippen molar-refractivity contribution in [2.45, 2.75) is 79.4 Å². The fourth-order valence-electron chi connectivity index (χ4n) is 3.67. The highest BCUT2D eigenvalue weighted by Gasteiger charge is 2.13. The van der Waals surface area contributed by atoms with E-state index in [4.69, 9.17) is 18.6 Å². The minimum atomic E-state index is -0.253. The number of benzene rings is 2. The van der Waals surface area contributed by atoms with E-state index in [2.05, 4.69) is 42.5 Å². The fourth-order valence-corrected chi connectivity index (χ4v) is 4.49. The van der Waals surface area contributed by atoms with Crippen LogP contribution in [0.2, 0.25) is 0 Å². The summed E-state index contributed by atoms with van der Waals surface area (Å²) in [5.74, 6) is 1.25. The Morgan fingerprint density at radius 2 is 1.71 bits per heavy atom. The molecule has 0 amide bonds. The van der Waals surface area contributed by atoms with Gasteiger partial charge in [-0.15, -0.1) is 0 Å². The van der Waals surface area contributed by atoms with E-state index >= 15 is 0 Å². The van der Waals surface area contributed by atoms with Gasteiger partial charge in [-0.1, -0.05) is 58.1 Å². The summed E-state index contributed by atoms with van der Waals surface area (Å²) in [4.78, 5) is 11.9. The average Bonchev–Trinajstić information content (AvgIpc) is 3.24. The van der Waals surface area contributed by atoms with Crippen LogP contribution in [0.1, 0.15) is 75.3 Å². The minimum absolute atomic E-state index is 0.197. The van der Waals surface area contributed by atoms with Crippen molar-refractivity contribution >= 4 is 39.5 Å². The van der Waals surface area contributed by atoms with E-state index < -0.39 is 0 Å². The smallest absolute Gasteiger partial charge is 0.310 e. The van der Waals surface area contributed by atoms with Crippen molar-refractivity contribution in [1.29, 1.82) is 0 Å². The first-order valence-electron chi connectivity index (χ1n) is 12.5. The number of hydrogen-bond acceptors (Lipinski definition) is 5. The van der Waals surface area contributed by atoms with Crippen molar-refractivity contribution < 1.29 is 23.4 Å². The van der Waals surface area contributed by atoms with Gasteiger partial charge in [0.25, 0.3) is 0 Å². The maximum absolute atomic E-state index is 11.9. The third-order valence-corrected chi connectivity index (χ3v) is 6.23. The molecular formula is C29H39IO5. The normalized spacial score (nSPS) is 10.7. The number of ether oxygens (including phenoxy) is 3. The average molecular weight is 595 g/mol. The van der Waals surface area contributed by atoms with Crippen molar-refractivity contribution in [3.8, 4) is 5.75 Å². The molecule has 35 heavy (non-hydrogen) atoms. The van der Waals surface area contributed by atoms with Gasteiger partial charge in [-0.3, -0.25) is 4.79 Å². The predicted octanol–water partition coefficient (Wildman–Crippen LogP) is 8.15. The highest BCUT2D eigenvalue weighted by atomic mass is 127. The number of carbonyl (C=O) groups excluding carboxylic acids is 1. The first-order valence-corrected chi connectivity index (χ1v) is 13.6. The maximum atomic E-state index is 11.9. The van der Waals surface area contributed by atoms with Crippen molar-refractivity contribution in [1.82, 2.24) is 0 Å². The maximum Gasteiger partial charge on any atom is 0.310 e. The number of aryl methyl sites for hydroxylation is 1. The van der Waals surface area contributed by atoms with Crippen LogP contribution < -0.4 is 4.74 Å². The second kappa shape index (κ2) is 15.8. The molecule has 0 fully saturated rings. The Balaban J connectivity index is 0.000000540. The summed E-state index contributed by atoms with van der Waals surface area (Å²) in [5.41, 5.74) is 3.79. The molecule has 0 spiro atoms. The van der Waals surface area contributed by atoms with Gasteiger partial charge >= 0.3 is 5.97 Å². The number of fused-ring (bicyclic) bond motifs is 1. The molecule has 1 aromatic heterocycles. The molecule has 0 aliphatic rings. The van der Waals surface area contributed by atoms with E-state index in [0.717, 1.165) is 37.0 Å². The highest BCUT2D eigenvalue weighted by molar-refractivity contribution is 14.1. The van der Waals surface area contributed by atoms with Gasteiger partial charge in [-0.25, -0.2) is 0 Å². The molecule has 0 radical (unpaired) electrons. The van der Waals surface area contributed by atoms with Crippen LogP contribution in [-0.4, -0.2) is 19.7 Å². The van der Waals surface area contributed by atoms with Crippen LogP contribution in [0.25, 0.3) is 11.0 Å². The standard InChI is InChI=1S/C22H23IO5.C7H16/c1-4-26-21(24)11-16-6-5-14(2)7-20(16)27-12-15-8-17-10-18(13-25-3)28-22(17)19(23)9-15;1-3-5-7-6-4-2/h5-10H,4,11-13H2,1-3H3;3-7H2,1-2H3. The molecule has 3 aromatic rings. The fraction of sp³-hybridized carbons (Fsp3) is 0.483. The number of hydrogen-bond donors (Lipinski definition) is 0. The molecule has 0 aliphatic heterocycles. The molecular weight excluding hydrogens is 555 g/mol. The molecule has 6 heteroatoms. The van der Waals surface area contributed by atoms with Gasteiger partial charge in [0.1, 0.15) is 30.3 Å².